The quantitative estimate of drug-likeness (QED) is 0.133. The summed E-state index contributed by atoms with van der Waals surface area (Å²) in [6.07, 6.45) is 0. The first-order valence-corrected chi connectivity index (χ1v) is 52.3. The van der Waals surface area contributed by atoms with Gasteiger partial charge in [0.25, 0.3) is 0 Å². The molecule has 1 N–H and O–H groups in total. The normalized spacial score (nSPS) is 12.5. The molecule has 0 amide bonds. The molecule has 0 saturated heterocycles. The molecule has 0 radical (unpaired) electrons. The maximum Gasteiger partial charge on any atom is 0.127 e. The Morgan fingerprint density at radius 1 is 0.184 bits per heavy atom. The Kier molecular flexibility index (Phi) is 17.2. The van der Waals surface area contributed by atoms with Crippen molar-refractivity contribution in [3.05, 3.63) is 439 Å². The molecule has 3 heteroatoms. The maximum absolute atomic E-state index is 10.2. The third kappa shape index (κ3) is 11.7. The van der Waals surface area contributed by atoms with Gasteiger partial charge in [0.2, 0.25) is 0 Å². The van der Waals surface area contributed by atoms with Crippen molar-refractivity contribution in [3.63, 3.8) is 0 Å². The van der Waals surface area contributed by atoms with Crippen LogP contribution in [0.1, 0.15) is 38.9 Å². The van der Waals surface area contributed by atoms with Crippen molar-refractivity contribution in [1.29, 1.82) is 0 Å². The van der Waals surface area contributed by atoms with Crippen molar-refractivity contribution in [3.8, 4) is 139 Å². The van der Waals surface area contributed by atoms with E-state index in [0.717, 1.165) is 16.9 Å². The number of ether oxygens (including phenoxy) is 1. The minimum atomic E-state index is 0.0637. The summed E-state index contributed by atoms with van der Waals surface area (Å²) < 4.78 is 8.71. The molecule has 29 aromatic carbocycles. The van der Waals surface area contributed by atoms with Gasteiger partial charge in [-0.2, -0.15) is 0 Å². The molecule has 0 aliphatic heterocycles. The smallest absolute Gasteiger partial charge is 0.127 e. The van der Waals surface area contributed by atoms with Gasteiger partial charge in [0, 0.05) is 30.9 Å². The van der Waals surface area contributed by atoms with E-state index in [0.29, 0.717) is 0 Å². The molecule has 4 aliphatic carbocycles. The Labute approximate surface area is 851 Å². The summed E-state index contributed by atoms with van der Waals surface area (Å²) in [5.74, 6) is 0.923. The highest BCUT2D eigenvalue weighted by molar-refractivity contribution is 7.25. The van der Waals surface area contributed by atoms with Crippen LogP contribution in [-0.4, -0.2) is 12.2 Å². The lowest BCUT2D eigenvalue weighted by molar-refractivity contribution is 0.282. The molecule has 684 valence electrons. The molecule has 147 heavy (non-hydrogen) atoms. The van der Waals surface area contributed by atoms with Crippen LogP contribution >= 0.6 is 11.3 Å². The minimum Gasteiger partial charge on any atom is -0.496 e. The number of aliphatic hydroxyl groups is 1. The van der Waals surface area contributed by atoms with Gasteiger partial charge in [-0.25, -0.2) is 0 Å². The summed E-state index contributed by atoms with van der Waals surface area (Å²) in [6.45, 7) is 13.4. The molecule has 30 aromatic rings. The second-order valence-corrected chi connectivity index (χ2v) is 43.3. The van der Waals surface area contributed by atoms with Gasteiger partial charge >= 0.3 is 0 Å². The molecular weight excluding hydrogens is 1790 g/mol. The van der Waals surface area contributed by atoms with E-state index in [1.807, 2.05) is 11.3 Å². The summed E-state index contributed by atoms with van der Waals surface area (Å²) in [4.78, 5) is 0. The molecule has 0 unspecified atom stereocenters. The molecule has 0 spiro atoms. The fraction of sp³-hybridized carbons (Fsp3) is 0.0556. The zero-order valence-corrected chi connectivity index (χ0v) is 82.9. The fourth-order valence-electron chi connectivity index (χ4n) is 27.7. The average Bonchev–Trinajstić information content (AvgIpc) is 1.59. The molecule has 1 aromatic heterocycles. The van der Waals surface area contributed by atoms with Crippen LogP contribution in [-0.2, 0) is 6.61 Å². The van der Waals surface area contributed by atoms with Crippen LogP contribution in [0.2, 0.25) is 0 Å². The van der Waals surface area contributed by atoms with Crippen molar-refractivity contribution in [1.82, 2.24) is 0 Å². The molecule has 34 rings (SSSR count). The summed E-state index contributed by atoms with van der Waals surface area (Å²) in [5.41, 5.74) is 39.9. The molecule has 0 bridgehead atoms. The predicted octanol–water partition coefficient (Wildman–Crippen LogP) is 40.5. The zero-order chi connectivity index (χ0) is 97.2. The van der Waals surface area contributed by atoms with Gasteiger partial charge in [-0.15, -0.1) is 11.3 Å². The topological polar surface area (TPSA) is 29.5 Å². The van der Waals surface area contributed by atoms with E-state index >= 15 is 0 Å². The standard InChI is InChI=1S/C64H38S.C43H28O.C37H24O/c1-35-25-57-55-33-50-46(38-15-7-4-8-16-38)30-51-52(29-45(37-13-5-3-6-14-37)49-31-47-43-20-11-17-39-18-12-21-44(63(39)43)48(47)32-53(49)51)54(50)34-56(55)58-27-36(2)62(59(26-35)64(57)58)40-23-24-42-41-19-9-10-22-60(41)65-61(42)28-40;1-23-14-28-15-24(2)17-38-36-21-33-31-18-27-13-12-26-10-7-11-29-40(44-3)22-39(43(27)42(26)29)34(31)19-30(25-8-5-4-6-9-25)32(33)20-35(36)37(16-23)41(28)38;1-19-12-31-29-15-23-9-10-25-26-11-8-22-5-3-4-21-6-7-24(36(26)35(21)22)16-28(25)27(23)17-30(29)33-14-20(2)34(18-38)32(13-19)37(31)33/h3-34H,1-2H3;4-22H,1-3H3;3-17,38H,18H2,1-2H3. The second-order valence-electron chi connectivity index (χ2n) is 42.2. The Bertz CT molecular complexity index is 11300. The van der Waals surface area contributed by atoms with Crippen LogP contribution in [0, 0.1) is 41.5 Å². The number of fused-ring (bicyclic) bond motifs is 28. The van der Waals surface area contributed by atoms with Gasteiger partial charge in [0.1, 0.15) is 5.75 Å². The van der Waals surface area contributed by atoms with Gasteiger partial charge in [-0.3, -0.25) is 0 Å². The summed E-state index contributed by atoms with van der Waals surface area (Å²) in [5, 5.41) is 57.0. The van der Waals surface area contributed by atoms with E-state index in [9.17, 15) is 5.11 Å². The van der Waals surface area contributed by atoms with Gasteiger partial charge in [0.15, 0.2) is 0 Å². The number of aryl methyl sites for hydroxylation is 6. The maximum atomic E-state index is 10.2. The van der Waals surface area contributed by atoms with Crippen LogP contribution < -0.4 is 4.74 Å². The van der Waals surface area contributed by atoms with Gasteiger partial charge < -0.3 is 9.84 Å². The Balaban J connectivity index is 0.000000102. The number of aliphatic hydroxyl groups excluding tert-OH is 1. The van der Waals surface area contributed by atoms with E-state index in [-0.39, 0.29) is 6.61 Å². The average molecular weight is 1880 g/mol. The lowest BCUT2D eigenvalue weighted by atomic mass is 9.84. The predicted molar refractivity (Wildman–Crippen MR) is 633 cm³/mol. The number of hydrogen-bond donors (Lipinski definition) is 1. The van der Waals surface area contributed by atoms with E-state index in [1.165, 1.54) is 365 Å². The number of rotatable bonds is 6. The van der Waals surface area contributed by atoms with Gasteiger partial charge in [0.05, 0.1) is 13.7 Å². The van der Waals surface area contributed by atoms with Crippen LogP contribution in [0.25, 0.3) is 337 Å². The van der Waals surface area contributed by atoms with E-state index in [1.54, 1.807) is 7.11 Å². The molecule has 2 nitrogen and oxygen atoms in total. The van der Waals surface area contributed by atoms with Crippen molar-refractivity contribution in [2.45, 2.75) is 48.1 Å². The third-order valence-corrected chi connectivity index (χ3v) is 35.0. The summed E-state index contributed by atoms with van der Waals surface area (Å²) >= 11 is 1.90. The summed E-state index contributed by atoms with van der Waals surface area (Å²) in [7, 11) is 1.79. The van der Waals surface area contributed by atoms with Gasteiger partial charge in [-0.05, 0) is 483 Å². The highest BCUT2D eigenvalue weighted by Gasteiger charge is 2.34. The van der Waals surface area contributed by atoms with E-state index < -0.39 is 0 Å². The molecule has 4 aliphatic rings. The van der Waals surface area contributed by atoms with Crippen LogP contribution in [0.4, 0.5) is 0 Å². The fourth-order valence-corrected chi connectivity index (χ4v) is 28.8. The largest absolute Gasteiger partial charge is 0.496 e. The Morgan fingerprint density at radius 3 is 1.13 bits per heavy atom. The lowest BCUT2D eigenvalue weighted by Gasteiger charge is -2.19. The first-order valence-electron chi connectivity index (χ1n) is 51.5. The van der Waals surface area contributed by atoms with Crippen LogP contribution in [0.5, 0.6) is 5.75 Å². The lowest BCUT2D eigenvalue weighted by Crippen LogP contribution is -1.93. The van der Waals surface area contributed by atoms with E-state index in [4.69, 9.17) is 4.74 Å². The number of methoxy groups -OCH3 is 1. The molecule has 1 heterocycles. The molecule has 0 fully saturated rings. The van der Waals surface area contributed by atoms with Crippen LogP contribution in [0.15, 0.2) is 400 Å². The number of benzene rings is 29. The SMILES string of the molecule is COc1cc2c3cc(-c4ccccc4)c4cc5c(cc4c3cc3ccc4cccc1c4c32)-c1cc(C)cc2cc(C)cc-5c12.Cc1cc2c3c(cc(C)c(-c4ccc5c(c4)sc4ccccc45)c3c1)-c1cc3c(cc1-2)c(-c1ccccc1)cc1c2cc4c(cc2c(-c2ccccc2)cc31)-c1cccc2cccc-4c12.Cc1cc2c3c(cc(C)c(CO)c3c1)-c1cc3c(ccc4c3cc3ccc5cccc6ccc4c3c56)cc1-2. The van der Waals surface area contributed by atoms with E-state index in [2.05, 4.69) is 442 Å². The third-order valence-electron chi connectivity index (χ3n) is 33.9. The number of thiophene rings is 1. The van der Waals surface area contributed by atoms with Crippen LogP contribution in [0.3, 0.4) is 0 Å². The zero-order valence-electron chi connectivity index (χ0n) is 82.1. The second kappa shape index (κ2) is 30.5. The van der Waals surface area contributed by atoms with Gasteiger partial charge in [-0.1, -0.05) is 303 Å². The summed E-state index contributed by atoms with van der Waals surface area (Å²) in [6, 6.07) is 152. The first-order chi connectivity index (χ1) is 72.2. The monoisotopic (exact) mass is 1880 g/mol. The van der Waals surface area contributed by atoms with Crippen molar-refractivity contribution in [2.24, 2.45) is 0 Å². The number of hydrogen-bond acceptors (Lipinski definition) is 3. The molecule has 0 atom stereocenters. The molecule has 0 saturated carbocycles. The van der Waals surface area contributed by atoms with Crippen molar-refractivity contribution in [2.75, 3.05) is 7.11 Å². The van der Waals surface area contributed by atoms with Crippen molar-refractivity contribution < 1.29 is 9.84 Å². The Hall–Kier alpha value is -17.7. The first kappa shape index (κ1) is 82.8. The highest BCUT2D eigenvalue weighted by Crippen LogP contribution is 2.61. The molecular formula is C144H90O2S. The Morgan fingerprint density at radius 2 is 0.558 bits per heavy atom. The highest BCUT2D eigenvalue weighted by atomic mass is 32.1. The minimum absolute atomic E-state index is 0.0637. The van der Waals surface area contributed by atoms with Crippen molar-refractivity contribution >= 4 is 215 Å².